The summed E-state index contributed by atoms with van der Waals surface area (Å²) in [7, 11) is 1.68. The zero-order valence-corrected chi connectivity index (χ0v) is 9.63. The van der Waals surface area contributed by atoms with Gasteiger partial charge in [-0.05, 0) is 44.2 Å². The second kappa shape index (κ2) is 4.90. The van der Waals surface area contributed by atoms with E-state index in [1.54, 1.807) is 20.0 Å². The average Bonchev–Trinajstić information content (AvgIpc) is 2.21. The topological polar surface area (TPSA) is 66.4 Å². The van der Waals surface area contributed by atoms with Crippen LogP contribution in [0.5, 0.6) is 0 Å². The molecule has 1 rings (SSSR count). The summed E-state index contributed by atoms with van der Waals surface area (Å²) >= 11 is 0. The fourth-order valence-electron chi connectivity index (χ4n) is 1.53. The molecular formula is C12H15NO3. The van der Waals surface area contributed by atoms with Crippen LogP contribution in [-0.2, 0) is 0 Å². The van der Waals surface area contributed by atoms with E-state index in [1.807, 2.05) is 6.92 Å². The SMILES string of the molecule is CNCC(=O)c1cc(C(=O)O)cc(C)c1C. The van der Waals surface area contributed by atoms with Gasteiger partial charge in [-0.1, -0.05) is 0 Å². The third-order valence-electron chi connectivity index (χ3n) is 2.55. The van der Waals surface area contributed by atoms with E-state index < -0.39 is 5.97 Å². The molecule has 1 aromatic rings. The number of rotatable bonds is 4. The number of hydrogen-bond donors (Lipinski definition) is 2. The quantitative estimate of drug-likeness (QED) is 0.754. The van der Waals surface area contributed by atoms with E-state index in [-0.39, 0.29) is 17.9 Å². The molecule has 0 aliphatic rings. The van der Waals surface area contributed by atoms with Gasteiger partial charge in [0.25, 0.3) is 0 Å². The first-order valence-corrected chi connectivity index (χ1v) is 4.99. The van der Waals surface area contributed by atoms with E-state index in [9.17, 15) is 9.59 Å². The molecule has 86 valence electrons. The third kappa shape index (κ3) is 2.46. The van der Waals surface area contributed by atoms with Crippen molar-refractivity contribution in [3.8, 4) is 0 Å². The highest BCUT2D eigenvalue weighted by atomic mass is 16.4. The standard InChI is InChI=1S/C12H15NO3/c1-7-4-9(12(15)16)5-10(8(7)2)11(14)6-13-3/h4-5,13H,6H2,1-3H3,(H,15,16). The van der Waals surface area contributed by atoms with E-state index in [0.29, 0.717) is 5.56 Å². The normalized spacial score (nSPS) is 10.2. The number of aryl methyl sites for hydroxylation is 1. The maximum atomic E-state index is 11.7. The Morgan fingerprint density at radius 2 is 1.94 bits per heavy atom. The molecule has 0 fully saturated rings. The van der Waals surface area contributed by atoms with Crippen molar-refractivity contribution >= 4 is 11.8 Å². The molecule has 0 saturated heterocycles. The van der Waals surface area contributed by atoms with Crippen LogP contribution in [0.25, 0.3) is 0 Å². The third-order valence-corrected chi connectivity index (χ3v) is 2.55. The largest absolute Gasteiger partial charge is 0.478 e. The minimum Gasteiger partial charge on any atom is -0.478 e. The minimum absolute atomic E-state index is 0.0915. The van der Waals surface area contributed by atoms with Crippen LogP contribution < -0.4 is 5.32 Å². The molecule has 0 aliphatic heterocycles. The maximum absolute atomic E-state index is 11.7. The van der Waals surface area contributed by atoms with Gasteiger partial charge in [0.2, 0.25) is 0 Å². The molecule has 0 amide bonds. The zero-order valence-electron chi connectivity index (χ0n) is 9.63. The summed E-state index contributed by atoms with van der Waals surface area (Å²) in [5.74, 6) is -1.10. The van der Waals surface area contributed by atoms with E-state index in [0.717, 1.165) is 11.1 Å². The van der Waals surface area contributed by atoms with Crippen molar-refractivity contribution in [2.24, 2.45) is 0 Å². The monoisotopic (exact) mass is 221 g/mol. The number of hydrogen-bond acceptors (Lipinski definition) is 3. The van der Waals surface area contributed by atoms with Gasteiger partial charge in [-0.2, -0.15) is 0 Å². The number of Topliss-reactive ketones (excluding diaryl/α,β-unsaturated/α-hetero) is 1. The molecule has 0 radical (unpaired) electrons. The number of ketones is 1. The van der Waals surface area contributed by atoms with E-state index >= 15 is 0 Å². The van der Waals surface area contributed by atoms with Gasteiger partial charge in [0.15, 0.2) is 5.78 Å². The van der Waals surface area contributed by atoms with Crippen LogP contribution in [0.1, 0.15) is 31.8 Å². The Morgan fingerprint density at radius 3 is 2.44 bits per heavy atom. The number of carboxylic acids is 1. The Balaban J connectivity index is 3.26. The summed E-state index contributed by atoms with van der Waals surface area (Å²) in [5, 5.41) is 11.7. The van der Waals surface area contributed by atoms with Crippen LogP contribution >= 0.6 is 0 Å². The number of benzene rings is 1. The van der Waals surface area contributed by atoms with Gasteiger partial charge < -0.3 is 10.4 Å². The number of carbonyl (C=O) groups excluding carboxylic acids is 1. The van der Waals surface area contributed by atoms with Crippen molar-refractivity contribution in [2.45, 2.75) is 13.8 Å². The van der Waals surface area contributed by atoms with Crippen molar-refractivity contribution in [2.75, 3.05) is 13.6 Å². The van der Waals surface area contributed by atoms with Crippen LogP contribution in [0.15, 0.2) is 12.1 Å². The lowest BCUT2D eigenvalue weighted by Gasteiger charge is -2.09. The molecule has 2 N–H and O–H groups in total. The average molecular weight is 221 g/mol. The summed E-state index contributed by atoms with van der Waals surface area (Å²) in [6.45, 7) is 3.84. The number of aromatic carboxylic acids is 1. The van der Waals surface area contributed by atoms with Crippen LogP contribution in [0.2, 0.25) is 0 Å². The fraction of sp³-hybridized carbons (Fsp3) is 0.333. The zero-order chi connectivity index (χ0) is 12.3. The number of nitrogens with one attached hydrogen (secondary N) is 1. The molecule has 0 aliphatic carbocycles. The van der Waals surface area contributed by atoms with Crippen molar-refractivity contribution in [1.82, 2.24) is 5.32 Å². The van der Waals surface area contributed by atoms with E-state index in [1.165, 1.54) is 6.07 Å². The fourth-order valence-corrected chi connectivity index (χ4v) is 1.53. The smallest absolute Gasteiger partial charge is 0.335 e. The lowest BCUT2D eigenvalue weighted by molar-refractivity contribution is 0.0696. The van der Waals surface area contributed by atoms with Gasteiger partial charge in [0.1, 0.15) is 0 Å². The van der Waals surface area contributed by atoms with Crippen LogP contribution in [-0.4, -0.2) is 30.5 Å². The summed E-state index contributed by atoms with van der Waals surface area (Å²) in [5.41, 5.74) is 2.29. The summed E-state index contributed by atoms with van der Waals surface area (Å²) in [6, 6.07) is 3.01. The molecule has 4 nitrogen and oxygen atoms in total. The first-order valence-electron chi connectivity index (χ1n) is 4.99. The molecule has 0 spiro atoms. The molecule has 0 saturated carbocycles. The number of carboxylic acid groups (broad SMARTS) is 1. The van der Waals surface area contributed by atoms with Crippen molar-refractivity contribution in [3.63, 3.8) is 0 Å². The molecule has 0 unspecified atom stereocenters. The van der Waals surface area contributed by atoms with Gasteiger partial charge in [0.05, 0.1) is 12.1 Å². The van der Waals surface area contributed by atoms with Crippen molar-refractivity contribution in [3.05, 3.63) is 34.4 Å². The molecule has 0 heterocycles. The number of carbonyl (C=O) groups is 2. The highest BCUT2D eigenvalue weighted by Gasteiger charge is 2.14. The van der Waals surface area contributed by atoms with E-state index in [4.69, 9.17) is 5.11 Å². The highest BCUT2D eigenvalue weighted by Crippen LogP contribution is 2.17. The van der Waals surface area contributed by atoms with Crippen molar-refractivity contribution < 1.29 is 14.7 Å². The number of likely N-dealkylation sites (N-methyl/N-ethyl adjacent to an activating group) is 1. The first-order chi connectivity index (χ1) is 7.47. The molecule has 0 atom stereocenters. The van der Waals surface area contributed by atoms with Crippen LogP contribution in [0.4, 0.5) is 0 Å². The molecule has 4 heteroatoms. The van der Waals surface area contributed by atoms with Crippen molar-refractivity contribution in [1.29, 1.82) is 0 Å². The molecule has 16 heavy (non-hydrogen) atoms. The Labute approximate surface area is 94.3 Å². The summed E-state index contributed by atoms with van der Waals surface area (Å²) in [4.78, 5) is 22.6. The second-order valence-electron chi connectivity index (χ2n) is 3.72. The van der Waals surface area contributed by atoms with E-state index in [2.05, 4.69) is 5.32 Å². The molecule has 0 bridgehead atoms. The first kappa shape index (κ1) is 12.4. The van der Waals surface area contributed by atoms with Gasteiger partial charge in [0, 0.05) is 5.56 Å². The van der Waals surface area contributed by atoms with Gasteiger partial charge in [-0.25, -0.2) is 4.79 Å². The van der Waals surface area contributed by atoms with Gasteiger partial charge in [-0.15, -0.1) is 0 Å². The second-order valence-corrected chi connectivity index (χ2v) is 3.72. The summed E-state index contributed by atoms with van der Waals surface area (Å²) in [6.07, 6.45) is 0. The molecule has 1 aromatic carbocycles. The predicted molar refractivity (Wildman–Crippen MR) is 61.1 cm³/mol. The van der Waals surface area contributed by atoms with Crippen LogP contribution in [0.3, 0.4) is 0 Å². The minimum atomic E-state index is -1.01. The summed E-state index contributed by atoms with van der Waals surface area (Å²) < 4.78 is 0. The lowest BCUT2D eigenvalue weighted by Crippen LogP contribution is -2.20. The van der Waals surface area contributed by atoms with Crippen LogP contribution in [0, 0.1) is 13.8 Å². The highest BCUT2D eigenvalue weighted by molar-refractivity contribution is 6.01. The Hall–Kier alpha value is -1.68. The molecule has 0 aromatic heterocycles. The Morgan fingerprint density at radius 1 is 1.31 bits per heavy atom. The maximum Gasteiger partial charge on any atom is 0.335 e. The Kier molecular flexibility index (Phi) is 3.79. The predicted octanol–water partition coefficient (Wildman–Crippen LogP) is 1.40. The molecular weight excluding hydrogens is 206 g/mol. The lowest BCUT2D eigenvalue weighted by atomic mass is 9.97. The Bertz CT molecular complexity index is 438. The van der Waals surface area contributed by atoms with Gasteiger partial charge >= 0.3 is 5.97 Å². The van der Waals surface area contributed by atoms with Gasteiger partial charge in [-0.3, -0.25) is 4.79 Å².